The minimum absolute atomic E-state index is 0. The van der Waals surface area contributed by atoms with Crippen LogP contribution < -0.4 is 5.73 Å². The molecule has 0 fully saturated rings. The predicted molar refractivity (Wildman–Crippen MR) is 63.3 cm³/mol. The van der Waals surface area contributed by atoms with Crippen molar-refractivity contribution in [3.05, 3.63) is 35.4 Å². The van der Waals surface area contributed by atoms with Gasteiger partial charge in [-0.15, -0.1) is 24.8 Å². The fourth-order valence-electron chi connectivity index (χ4n) is 1.23. The number of nitrogens with two attached hydrogens (primary N) is 1. The molecular formula is C10H15Cl2NO. The van der Waals surface area contributed by atoms with Gasteiger partial charge in [0, 0.05) is 0 Å². The van der Waals surface area contributed by atoms with Gasteiger partial charge in [-0.05, 0) is 25.0 Å². The maximum atomic E-state index is 10.9. The summed E-state index contributed by atoms with van der Waals surface area (Å²) in [5.74, 6) is -0.462. The molecular weight excluding hydrogens is 221 g/mol. The third-order valence-electron chi connectivity index (χ3n) is 2.08. The van der Waals surface area contributed by atoms with Gasteiger partial charge in [0.15, 0.2) is 0 Å². The molecule has 1 rings (SSSR count). The van der Waals surface area contributed by atoms with Crippen molar-refractivity contribution in [2.75, 3.05) is 0 Å². The highest BCUT2D eigenvalue weighted by Gasteiger charge is 2.12. The lowest BCUT2D eigenvalue weighted by molar-refractivity contribution is -0.119. The molecule has 0 spiro atoms. The first kappa shape index (κ1) is 15.7. The van der Waals surface area contributed by atoms with Gasteiger partial charge in [0.25, 0.3) is 0 Å². The number of amides is 1. The number of rotatable bonds is 2. The Kier molecular flexibility index (Phi) is 7.51. The maximum Gasteiger partial charge on any atom is 0.224 e. The summed E-state index contributed by atoms with van der Waals surface area (Å²) in [5.41, 5.74) is 7.33. The number of primary amides is 1. The van der Waals surface area contributed by atoms with E-state index < -0.39 is 0 Å². The summed E-state index contributed by atoms with van der Waals surface area (Å²) >= 11 is 0. The number of hydrogen-bond donors (Lipinski definition) is 1. The molecule has 0 aliphatic rings. The highest BCUT2D eigenvalue weighted by atomic mass is 35.5. The number of halogens is 2. The van der Waals surface area contributed by atoms with Crippen molar-refractivity contribution in [3.63, 3.8) is 0 Å². The molecule has 80 valence electrons. The number of hydrogen-bond acceptors (Lipinski definition) is 1. The van der Waals surface area contributed by atoms with Crippen LogP contribution in [0.25, 0.3) is 0 Å². The molecule has 1 aromatic rings. The first-order valence-corrected chi connectivity index (χ1v) is 3.97. The standard InChI is InChI=1S/C10H13NO.2ClH/c1-7-5-3-4-6-9(7)8(2)10(11)12;;/h3-6,8H,1-2H3,(H2,11,12);2*1H. The minimum atomic E-state index is -0.274. The van der Waals surface area contributed by atoms with Crippen molar-refractivity contribution < 1.29 is 4.79 Å². The third-order valence-corrected chi connectivity index (χ3v) is 2.08. The van der Waals surface area contributed by atoms with Gasteiger partial charge < -0.3 is 5.73 Å². The van der Waals surface area contributed by atoms with Crippen LogP contribution in [0.1, 0.15) is 24.0 Å². The molecule has 2 nitrogen and oxygen atoms in total. The molecule has 0 aromatic heterocycles. The Labute approximate surface area is 96.7 Å². The lowest BCUT2D eigenvalue weighted by atomic mass is 9.96. The summed E-state index contributed by atoms with van der Waals surface area (Å²) in [7, 11) is 0. The van der Waals surface area contributed by atoms with Crippen molar-refractivity contribution in [1.29, 1.82) is 0 Å². The van der Waals surface area contributed by atoms with Crippen LogP contribution in [-0.4, -0.2) is 5.91 Å². The summed E-state index contributed by atoms with van der Waals surface area (Å²) in [6, 6.07) is 7.79. The van der Waals surface area contributed by atoms with E-state index in [-0.39, 0.29) is 36.6 Å². The molecule has 1 aromatic carbocycles. The van der Waals surface area contributed by atoms with Crippen molar-refractivity contribution in [3.8, 4) is 0 Å². The van der Waals surface area contributed by atoms with E-state index in [0.29, 0.717) is 0 Å². The zero-order chi connectivity index (χ0) is 9.14. The molecule has 4 heteroatoms. The Balaban J connectivity index is 0. The smallest absolute Gasteiger partial charge is 0.224 e. The van der Waals surface area contributed by atoms with E-state index in [1.807, 2.05) is 38.1 Å². The zero-order valence-electron chi connectivity index (χ0n) is 8.19. The summed E-state index contributed by atoms with van der Waals surface area (Å²) in [6.45, 7) is 3.80. The Morgan fingerprint density at radius 2 is 1.79 bits per heavy atom. The van der Waals surface area contributed by atoms with Crippen LogP contribution in [0.2, 0.25) is 0 Å². The maximum absolute atomic E-state index is 10.9. The molecule has 0 bridgehead atoms. The van der Waals surface area contributed by atoms with Gasteiger partial charge in [0.05, 0.1) is 5.92 Å². The van der Waals surface area contributed by atoms with Gasteiger partial charge in [-0.3, -0.25) is 4.79 Å². The first-order valence-electron chi connectivity index (χ1n) is 3.97. The average molecular weight is 236 g/mol. The summed E-state index contributed by atoms with van der Waals surface area (Å²) in [6.07, 6.45) is 0. The number of benzene rings is 1. The Bertz CT molecular complexity index is 302. The summed E-state index contributed by atoms with van der Waals surface area (Å²) in [5, 5.41) is 0. The van der Waals surface area contributed by atoms with Gasteiger partial charge in [0.2, 0.25) is 5.91 Å². The molecule has 0 saturated carbocycles. The van der Waals surface area contributed by atoms with Crippen molar-refractivity contribution in [2.24, 2.45) is 5.73 Å². The van der Waals surface area contributed by atoms with Gasteiger partial charge in [-0.1, -0.05) is 24.3 Å². The average Bonchev–Trinajstić information content (AvgIpc) is 2.04. The van der Waals surface area contributed by atoms with Crippen LogP contribution in [0, 0.1) is 6.92 Å². The third kappa shape index (κ3) is 3.56. The highest BCUT2D eigenvalue weighted by molar-refractivity contribution is 5.85. The molecule has 1 unspecified atom stereocenters. The molecule has 1 atom stereocenters. The fourth-order valence-corrected chi connectivity index (χ4v) is 1.23. The van der Waals surface area contributed by atoms with Gasteiger partial charge in [-0.25, -0.2) is 0 Å². The topological polar surface area (TPSA) is 43.1 Å². The molecule has 0 aliphatic heterocycles. The fraction of sp³-hybridized carbons (Fsp3) is 0.300. The number of carbonyl (C=O) groups excluding carboxylic acids is 1. The van der Waals surface area contributed by atoms with Crippen molar-refractivity contribution in [1.82, 2.24) is 0 Å². The zero-order valence-corrected chi connectivity index (χ0v) is 9.82. The van der Waals surface area contributed by atoms with E-state index in [1.54, 1.807) is 0 Å². The van der Waals surface area contributed by atoms with Crippen LogP contribution in [0.5, 0.6) is 0 Å². The Hall–Kier alpha value is -0.730. The molecule has 2 N–H and O–H groups in total. The summed E-state index contributed by atoms with van der Waals surface area (Å²) in [4.78, 5) is 10.9. The molecule has 0 aliphatic carbocycles. The second kappa shape index (κ2) is 6.68. The van der Waals surface area contributed by atoms with Crippen LogP contribution in [0.4, 0.5) is 0 Å². The minimum Gasteiger partial charge on any atom is -0.369 e. The lowest BCUT2D eigenvalue weighted by Crippen LogP contribution is -2.19. The second-order valence-electron chi connectivity index (χ2n) is 2.98. The largest absolute Gasteiger partial charge is 0.369 e. The van der Waals surface area contributed by atoms with E-state index >= 15 is 0 Å². The molecule has 0 saturated heterocycles. The molecule has 0 heterocycles. The van der Waals surface area contributed by atoms with E-state index in [1.165, 1.54) is 0 Å². The second-order valence-corrected chi connectivity index (χ2v) is 2.98. The number of aryl methyl sites for hydroxylation is 1. The normalized spacial score (nSPS) is 10.7. The Morgan fingerprint density at radius 1 is 1.29 bits per heavy atom. The molecule has 0 radical (unpaired) electrons. The van der Waals surface area contributed by atoms with E-state index in [4.69, 9.17) is 5.73 Å². The van der Waals surface area contributed by atoms with Crippen LogP contribution >= 0.6 is 24.8 Å². The van der Waals surface area contributed by atoms with E-state index in [2.05, 4.69) is 0 Å². The van der Waals surface area contributed by atoms with Gasteiger partial charge in [0.1, 0.15) is 0 Å². The van der Waals surface area contributed by atoms with E-state index in [9.17, 15) is 4.79 Å². The van der Waals surface area contributed by atoms with Gasteiger partial charge in [-0.2, -0.15) is 0 Å². The van der Waals surface area contributed by atoms with Crippen molar-refractivity contribution in [2.45, 2.75) is 19.8 Å². The SMILES string of the molecule is Cc1ccccc1C(C)C(N)=O.Cl.Cl. The highest BCUT2D eigenvalue weighted by Crippen LogP contribution is 2.17. The first-order chi connectivity index (χ1) is 5.63. The van der Waals surface area contributed by atoms with Gasteiger partial charge >= 0.3 is 0 Å². The lowest BCUT2D eigenvalue weighted by Gasteiger charge is -2.09. The van der Waals surface area contributed by atoms with Crippen LogP contribution in [0.15, 0.2) is 24.3 Å². The summed E-state index contributed by atoms with van der Waals surface area (Å²) < 4.78 is 0. The monoisotopic (exact) mass is 235 g/mol. The van der Waals surface area contributed by atoms with Crippen LogP contribution in [-0.2, 0) is 4.79 Å². The quantitative estimate of drug-likeness (QED) is 0.841. The van der Waals surface area contributed by atoms with Crippen LogP contribution in [0.3, 0.4) is 0 Å². The van der Waals surface area contributed by atoms with Crippen molar-refractivity contribution >= 4 is 30.7 Å². The number of carbonyl (C=O) groups is 1. The Morgan fingerprint density at radius 3 is 2.21 bits per heavy atom. The van der Waals surface area contributed by atoms with E-state index in [0.717, 1.165) is 11.1 Å². The molecule has 14 heavy (non-hydrogen) atoms. The predicted octanol–water partition coefficient (Wildman–Crippen LogP) is 2.43. The molecule has 1 amide bonds.